The Hall–Kier alpha value is -6.42. The minimum atomic E-state index is -0.117. The fourth-order valence-electron chi connectivity index (χ4n) is 10.4. The molecule has 272 valence electrons. The highest BCUT2D eigenvalue weighted by Gasteiger charge is 2.38. The summed E-state index contributed by atoms with van der Waals surface area (Å²) in [6.07, 6.45) is 0. The molecule has 10 aromatic rings. The molecule has 3 heteroatoms. The van der Waals surface area contributed by atoms with Crippen LogP contribution in [0.2, 0.25) is 0 Å². The van der Waals surface area contributed by atoms with E-state index in [4.69, 9.17) is 0 Å². The van der Waals surface area contributed by atoms with Gasteiger partial charge in [-0.05, 0) is 105 Å². The lowest BCUT2D eigenvalue weighted by atomic mass is 9.82. The van der Waals surface area contributed by atoms with Gasteiger partial charge in [-0.15, -0.1) is 11.3 Å². The first kappa shape index (κ1) is 32.8. The van der Waals surface area contributed by atoms with Crippen LogP contribution in [0.1, 0.15) is 49.9 Å². The molecular weight excluding hydrogens is 709 g/mol. The normalized spacial score (nSPS) is 14.6. The molecule has 0 saturated carbocycles. The van der Waals surface area contributed by atoms with Crippen molar-refractivity contribution in [3.8, 4) is 27.9 Å². The maximum Gasteiger partial charge on any atom is 0.0562 e. The zero-order valence-electron chi connectivity index (χ0n) is 32.5. The molecule has 0 spiro atoms. The minimum absolute atomic E-state index is 0.117. The minimum Gasteiger partial charge on any atom is -0.310 e. The fraction of sp³-hybridized carbons (Fsp3) is 0.111. The summed E-state index contributed by atoms with van der Waals surface area (Å²) in [4.78, 5) is 2.50. The Morgan fingerprint density at radius 2 is 0.947 bits per heavy atom. The molecule has 12 rings (SSSR count). The van der Waals surface area contributed by atoms with Crippen molar-refractivity contribution in [3.05, 3.63) is 192 Å². The number of hydrogen-bond acceptors (Lipinski definition) is 2. The molecule has 2 aliphatic rings. The van der Waals surface area contributed by atoms with Crippen LogP contribution in [0.15, 0.2) is 170 Å². The topological polar surface area (TPSA) is 8.17 Å². The number of nitrogens with zero attached hydrogens (tertiary/aromatic N) is 2. The average Bonchev–Trinajstić information content (AvgIpc) is 3.92. The molecule has 8 aromatic carbocycles. The van der Waals surface area contributed by atoms with Gasteiger partial charge in [0, 0.05) is 64.5 Å². The molecule has 0 atom stereocenters. The summed E-state index contributed by atoms with van der Waals surface area (Å²) in [5, 5.41) is 5.24. The Morgan fingerprint density at radius 1 is 0.421 bits per heavy atom. The zero-order valence-corrected chi connectivity index (χ0v) is 33.3. The molecular formula is C54H40N2S. The highest BCUT2D eigenvalue weighted by Crippen LogP contribution is 2.53. The highest BCUT2D eigenvalue weighted by molar-refractivity contribution is 7.26. The van der Waals surface area contributed by atoms with Gasteiger partial charge in [0.25, 0.3) is 0 Å². The molecule has 2 aliphatic carbocycles. The SMILES string of the molecule is CC1(C)c2ccccc2-c2ccc(N(c3ccc4c(c3)C(C)(C)c3ccccc3-4)c3ccc4c5c6sc7ccccc7c6ccc5n(-c5ccccc5)c4c3)cc21. The monoisotopic (exact) mass is 748 g/mol. The number of aromatic nitrogens is 1. The number of benzene rings is 8. The second-order valence-corrected chi connectivity index (χ2v) is 18.0. The van der Waals surface area contributed by atoms with Gasteiger partial charge >= 0.3 is 0 Å². The average molecular weight is 749 g/mol. The van der Waals surface area contributed by atoms with Gasteiger partial charge in [-0.1, -0.05) is 137 Å². The Bertz CT molecular complexity index is 3200. The Morgan fingerprint density at radius 3 is 1.61 bits per heavy atom. The van der Waals surface area contributed by atoms with Crippen molar-refractivity contribution in [2.75, 3.05) is 4.90 Å². The van der Waals surface area contributed by atoms with Crippen molar-refractivity contribution < 1.29 is 0 Å². The molecule has 0 amide bonds. The summed E-state index contributed by atoms with van der Waals surface area (Å²) >= 11 is 1.91. The van der Waals surface area contributed by atoms with Crippen LogP contribution in [0.4, 0.5) is 17.1 Å². The summed E-state index contributed by atoms with van der Waals surface area (Å²) in [5.74, 6) is 0. The van der Waals surface area contributed by atoms with Gasteiger partial charge in [0.05, 0.1) is 11.0 Å². The van der Waals surface area contributed by atoms with E-state index in [2.05, 4.69) is 207 Å². The van der Waals surface area contributed by atoms with Gasteiger partial charge in [0.15, 0.2) is 0 Å². The van der Waals surface area contributed by atoms with Gasteiger partial charge in [0.1, 0.15) is 0 Å². The molecule has 57 heavy (non-hydrogen) atoms. The standard InChI is InChI=1S/C54H40N2S/c1-53(2)44-19-11-8-16-37(44)39-25-22-34(30-46(39)53)55(35-23-26-40-38-17-9-12-20-45(38)54(3,4)47(40)31-35)36-24-27-43-49(32-36)56(33-14-6-5-7-15-33)48-29-28-42-41-18-10-13-21-50(41)57-52(42)51(43)48/h5-32H,1-4H3. The van der Waals surface area contributed by atoms with E-state index in [0.717, 1.165) is 22.7 Å². The first-order valence-electron chi connectivity index (χ1n) is 20.0. The summed E-state index contributed by atoms with van der Waals surface area (Å²) in [6.45, 7) is 9.50. The van der Waals surface area contributed by atoms with Gasteiger partial charge in [0.2, 0.25) is 0 Å². The van der Waals surface area contributed by atoms with Gasteiger partial charge in [-0.25, -0.2) is 0 Å². The Balaban J connectivity index is 1.13. The molecule has 0 aliphatic heterocycles. The van der Waals surface area contributed by atoms with E-state index in [0.29, 0.717) is 0 Å². The molecule has 2 heterocycles. The molecule has 2 aromatic heterocycles. The maximum absolute atomic E-state index is 2.50. The van der Waals surface area contributed by atoms with Crippen LogP contribution in [-0.2, 0) is 10.8 Å². The van der Waals surface area contributed by atoms with Crippen LogP contribution >= 0.6 is 11.3 Å². The Kier molecular flexibility index (Phi) is 6.65. The molecule has 0 saturated heterocycles. The summed E-state index contributed by atoms with van der Waals surface area (Å²) < 4.78 is 5.15. The van der Waals surface area contributed by atoms with Crippen molar-refractivity contribution in [2.45, 2.75) is 38.5 Å². The lowest BCUT2D eigenvalue weighted by molar-refractivity contribution is 0.660. The third kappa shape index (κ3) is 4.46. The molecule has 0 radical (unpaired) electrons. The Labute approximate surface area is 336 Å². The van der Waals surface area contributed by atoms with Crippen molar-refractivity contribution in [2.24, 2.45) is 0 Å². The van der Waals surface area contributed by atoms with E-state index in [1.807, 2.05) is 11.3 Å². The van der Waals surface area contributed by atoms with Crippen LogP contribution in [-0.4, -0.2) is 4.57 Å². The molecule has 2 nitrogen and oxygen atoms in total. The van der Waals surface area contributed by atoms with Crippen molar-refractivity contribution in [3.63, 3.8) is 0 Å². The van der Waals surface area contributed by atoms with Gasteiger partial charge in [-0.3, -0.25) is 0 Å². The fourth-order valence-corrected chi connectivity index (χ4v) is 11.6. The van der Waals surface area contributed by atoms with E-state index >= 15 is 0 Å². The predicted molar refractivity (Wildman–Crippen MR) is 243 cm³/mol. The lowest BCUT2D eigenvalue weighted by Crippen LogP contribution is -2.18. The maximum atomic E-state index is 2.50. The third-order valence-corrected chi connectivity index (χ3v) is 14.4. The van der Waals surface area contributed by atoms with Crippen molar-refractivity contribution in [1.29, 1.82) is 0 Å². The van der Waals surface area contributed by atoms with Crippen molar-refractivity contribution in [1.82, 2.24) is 4.57 Å². The number of hydrogen-bond donors (Lipinski definition) is 0. The third-order valence-electron chi connectivity index (χ3n) is 13.2. The number of anilines is 3. The first-order chi connectivity index (χ1) is 27.8. The van der Waals surface area contributed by atoms with Crippen LogP contribution in [0.5, 0.6) is 0 Å². The number of para-hydroxylation sites is 1. The molecule has 0 unspecified atom stereocenters. The number of rotatable bonds is 4. The van der Waals surface area contributed by atoms with E-state index in [-0.39, 0.29) is 10.8 Å². The zero-order chi connectivity index (χ0) is 38.2. The van der Waals surface area contributed by atoms with E-state index in [1.165, 1.54) is 86.5 Å². The number of thiophene rings is 1. The second-order valence-electron chi connectivity index (χ2n) is 16.9. The van der Waals surface area contributed by atoms with E-state index in [1.54, 1.807) is 0 Å². The predicted octanol–water partition coefficient (Wildman–Crippen LogP) is 15.2. The quantitative estimate of drug-likeness (QED) is 0.174. The van der Waals surface area contributed by atoms with Crippen LogP contribution in [0.3, 0.4) is 0 Å². The first-order valence-corrected chi connectivity index (χ1v) is 20.8. The van der Waals surface area contributed by atoms with Crippen molar-refractivity contribution >= 4 is 70.4 Å². The largest absolute Gasteiger partial charge is 0.310 e. The summed E-state index contributed by atoms with van der Waals surface area (Å²) in [6, 6.07) is 63.7. The van der Waals surface area contributed by atoms with Crippen LogP contribution in [0.25, 0.3) is 69.9 Å². The van der Waals surface area contributed by atoms with Crippen LogP contribution < -0.4 is 4.90 Å². The molecule has 0 fully saturated rings. The van der Waals surface area contributed by atoms with Gasteiger partial charge < -0.3 is 9.47 Å². The summed E-state index contributed by atoms with van der Waals surface area (Å²) in [7, 11) is 0. The molecule has 0 bridgehead atoms. The highest BCUT2D eigenvalue weighted by atomic mass is 32.1. The van der Waals surface area contributed by atoms with E-state index in [9.17, 15) is 0 Å². The summed E-state index contributed by atoms with van der Waals surface area (Å²) in [5.41, 5.74) is 17.7. The van der Waals surface area contributed by atoms with Gasteiger partial charge in [-0.2, -0.15) is 0 Å². The second kappa shape index (κ2) is 11.6. The van der Waals surface area contributed by atoms with Crippen LogP contribution in [0, 0.1) is 0 Å². The van der Waals surface area contributed by atoms with E-state index < -0.39 is 0 Å². The smallest absolute Gasteiger partial charge is 0.0562 e. The number of fused-ring (bicyclic) bond motifs is 13. The molecule has 0 N–H and O–H groups in total. The lowest BCUT2D eigenvalue weighted by Gasteiger charge is -2.30.